The van der Waals surface area contributed by atoms with Crippen LogP contribution < -0.4 is 5.73 Å². The summed E-state index contributed by atoms with van der Waals surface area (Å²) in [5, 5.41) is 25.0. The molecule has 17 heavy (non-hydrogen) atoms. The van der Waals surface area contributed by atoms with Crippen molar-refractivity contribution in [2.75, 3.05) is 19.8 Å². The van der Waals surface area contributed by atoms with Crippen LogP contribution >= 0.6 is 19.4 Å². The summed E-state index contributed by atoms with van der Waals surface area (Å²) in [5.41, 5.74) is 2.80. The molecule has 1 unspecified atom stereocenters. The van der Waals surface area contributed by atoms with Crippen molar-refractivity contribution >= 4 is 19.4 Å². The number of hydrogen-bond acceptors (Lipinski definition) is 6. The predicted molar refractivity (Wildman–Crippen MR) is 61.1 cm³/mol. The van der Waals surface area contributed by atoms with Gasteiger partial charge in [0.1, 0.15) is 0 Å². The maximum absolute atomic E-state index is 9.94. The Morgan fingerprint density at radius 2 is 1.71 bits per heavy atom. The Kier molecular flexibility index (Phi) is 10.2. The molecule has 0 aliphatic carbocycles. The third-order valence-electron chi connectivity index (χ3n) is 1.37. The van der Waals surface area contributed by atoms with Gasteiger partial charge in [-0.25, -0.2) is 4.57 Å². The predicted octanol–water partition coefficient (Wildman–Crippen LogP) is -1.49. The molecule has 1 atom stereocenters. The molecule has 104 valence electrons. The molecule has 7 N–H and O–H groups in total. The molecule has 0 rings (SSSR count). The molecular weight excluding hydrogens is 277 g/mol. The van der Waals surface area contributed by atoms with E-state index < -0.39 is 38.7 Å². The molecular formula is C7H17ClNO7P. The standard InChI is InChI=1S/C4H11NO3.C3H6ClO4P/c5-4(1-6,2-7)3-8;1-2-3(4)8-9(5,6)7/h6-8H,1-3,5H2;2-3H,1H2,(H2,5,6,7). The van der Waals surface area contributed by atoms with Crippen LogP contribution in [0.5, 0.6) is 0 Å². The maximum Gasteiger partial charge on any atom is 0.471 e. The van der Waals surface area contributed by atoms with Gasteiger partial charge in [0.15, 0.2) is 5.56 Å². The molecule has 0 heterocycles. The number of hydrogen-bond donors (Lipinski definition) is 6. The van der Waals surface area contributed by atoms with Crippen molar-refractivity contribution in [3.8, 4) is 0 Å². The van der Waals surface area contributed by atoms with Crippen molar-refractivity contribution in [3.05, 3.63) is 12.7 Å². The first-order valence-electron chi connectivity index (χ1n) is 4.26. The molecule has 0 aliphatic heterocycles. The molecule has 0 aliphatic rings. The number of alkyl halides is 1. The van der Waals surface area contributed by atoms with E-state index in [4.69, 9.17) is 42.4 Å². The summed E-state index contributed by atoms with van der Waals surface area (Å²) in [4.78, 5) is 16.2. The summed E-state index contributed by atoms with van der Waals surface area (Å²) in [6.45, 7) is 1.94. The van der Waals surface area contributed by atoms with Crippen LogP contribution in [0.2, 0.25) is 0 Å². The first kappa shape index (κ1) is 19.3. The second kappa shape index (κ2) is 8.98. The topological polar surface area (TPSA) is 153 Å². The van der Waals surface area contributed by atoms with Gasteiger partial charge in [-0.3, -0.25) is 4.52 Å². The lowest BCUT2D eigenvalue weighted by molar-refractivity contribution is 0.0697. The summed E-state index contributed by atoms with van der Waals surface area (Å²) in [6.07, 6.45) is 1.07. The monoisotopic (exact) mass is 293 g/mol. The second-order valence-electron chi connectivity index (χ2n) is 3.02. The van der Waals surface area contributed by atoms with Gasteiger partial charge >= 0.3 is 7.82 Å². The molecule has 0 aromatic carbocycles. The summed E-state index contributed by atoms with van der Waals surface area (Å²) >= 11 is 5.12. The van der Waals surface area contributed by atoms with Crippen LogP contribution in [0.15, 0.2) is 12.7 Å². The lowest BCUT2D eigenvalue weighted by atomic mass is 10.1. The maximum atomic E-state index is 9.94. The highest BCUT2D eigenvalue weighted by atomic mass is 35.5. The van der Waals surface area contributed by atoms with Crippen molar-refractivity contribution in [3.63, 3.8) is 0 Å². The zero-order valence-electron chi connectivity index (χ0n) is 8.94. The van der Waals surface area contributed by atoms with Crippen LogP contribution in [0.3, 0.4) is 0 Å². The van der Waals surface area contributed by atoms with Gasteiger partial charge in [-0.05, 0) is 6.08 Å². The Hall–Kier alpha value is -0.0200. The number of halogens is 1. The van der Waals surface area contributed by atoms with E-state index in [0.29, 0.717) is 0 Å². The van der Waals surface area contributed by atoms with Gasteiger partial charge in [0.25, 0.3) is 0 Å². The van der Waals surface area contributed by atoms with Gasteiger partial charge in [0.2, 0.25) is 0 Å². The van der Waals surface area contributed by atoms with E-state index in [2.05, 4.69) is 11.1 Å². The van der Waals surface area contributed by atoms with Gasteiger partial charge in [0.05, 0.1) is 25.4 Å². The minimum absolute atomic E-state index is 0.403. The quantitative estimate of drug-likeness (QED) is 0.197. The highest BCUT2D eigenvalue weighted by molar-refractivity contribution is 7.46. The summed E-state index contributed by atoms with van der Waals surface area (Å²) in [5.74, 6) is 0. The molecule has 10 heteroatoms. The fraction of sp³-hybridized carbons (Fsp3) is 0.714. The third kappa shape index (κ3) is 12.2. The summed E-state index contributed by atoms with van der Waals surface area (Å²) in [6, 6.07) is 0. The lowest BCUT2D eigenvalue weighted by Crippen LogP contribution is -2.50. The van der Waals surface area contributed by atoms with Crippen LogP contribution in [-0.2, 0) is 9.09 Å². The summed E-state index contributed by atoms with van der Waals surface area (Å²) < 4.78 is 13.8. The zero-order chi connectivity index (χ0) is 14.1. The second-order valence-corrected chi connectivity index (χ2v) is 4.64. The molecule has 0 spiro atoms. The fourth-order valence-electron chi connectivity index (χ4n) is 0.324. The molecule has 8 nitrogen and oxygen atoms in total. The van der Waals surface area contributed by atoms with Gasteiger partial charge in [-0.2, -0.15) is 0 Å². The minimum Gasteiger partial charge on any atom is -0.394 e. The minimum atomic E-state index is -4.44. The molecule has 0 aromatic rings. The normalized spacial score (nSPS) is 13.6. The summed E-state index contributed by atoms with van der Waals surface area (Å²) in [7, 11) is -4.44. The van der Waals surface area contributed by atoms with E-state index >= 15 is 0 Å². The molecule has 0 radical (unpaired) electrons. The molecule has 0 bridgehead atoms. The number of nitrogens with two attached hydrogens (primary N) is 1. The number of aliphatic hydroxyl groups excluding tert-OH is 3. The van der Waals surface area contributed by atoms with Crippen molar-refractivity contribution in [1.82, 2.24) is 0 Å². The molecule has 0 fully saturated rings. The van der Waals surface area contributed by atoms with Gasteiger partial charge in [0, 0.05) is 0 Å². The van der Waals surface area contributed by atoms with Crippen LogP contribution in [0.25, 0.3) is 0 Å². The Morgan fingerprint density at radius 3 is 1.76 bits per heavy atom. The average molecular weight is 294 g/mol. The molecule has 0 amide bonds. The Labute approximate surface area is 104 Å². The van der Waals surface area contributed by atoms with E-state index in [9.17, 15) is 4.57 Å². The zero-order valence-corrected chi connectivity index (χ0v) is 10.6. The van der Waals surface area contributed by atoms with Crippen molar-refractivity contribution in [2.45, 2.75) is 11.1 Å². The highest BCUT2D eigenvalue weighted by Gasteiger charge is 2.20. The van der Waals surface area contributed by atoms with Crippen LogP contribution in [-0.4, -0.2) is 56.0 Å². The average Bonchev–Trinajstić information content (AvgIpc) is 2.26. The number of rotatable bonds is 6. The van der Waals surface area contributed by atoms with Crippen LogP contribution in [0, 0.1) is 0 Å². The first-order valence-corrected chi connectivity index (χ1v) is 6.23. The van der Waals surface area contributed by atoms with Gasteiger partial charge < -0.3 is 30.8 Å². The van der Waals surface area contributed by atoms with Crippen LogP contribution in [0.1, 0.15) is 0 Å². The smallest absolute Gasteiger partial charge is 0.394 e. The highest BCUT2D eigenvalue weighted by Crippen LogP contribution is 2.38. The SMILES string of the molecule is C=CC(Cl)OP(=O)(O)O.NC(CO)(CO)CO. The largest absolute Gasteiger partial charge is 0.471 e. The number of aliphatic hydroxyl groups is 3. The van der Waals surface area contributed by atoms with Crippen molar-refractivity contribution in [1.29, 1.82) is 0 Å². The van der Waals surface area contributed by atoms with Crippen LogP contribution in [0.4, 0.5) is 0 Å². The fourth-order valence-corrected chi connectivity index (χ4v) is 0.984. The number of phosphoric ester groups is 1. The van der Waals surface area contributed by atoms with Gasteiger partial charge in [-0.15, -0.1) is 0 Å². The Morgan fingerprint density at radius 1 is 1.35 bits per heavy atom. The molecule has 0 saturated heterocycles. The third-order valence-corrected chi connectivity index (χ3v) is 2.26. The van der Waals surface area contributed by atoms with E-state index in [1.165, 1.54) is 0 Å². The van der Waals surface area contributed by atoms with E-state index in [1.807, 2.05) is 0 Å². The van der Waals surface area contributed by atoms with E-state index in [1.54, 1.807) is 0 Å². The lowest BCUT2D eigenvalue weighted by Gasteiger charge is -2.20. The first-order chi connectivity index (χ1) is 7.64. The van der Waals surface area contributed by atoms with Crippen molar-refractivity contribution < 1.29 is 34.2 Å². The van der Waals surface area contributed by atoms with E-state index in [0.717, 1.165) is 6.08 Å². The van der Waals surface area contributed by atoms with Crippen molar-refractivity contribution in [2.24, 2.45) is 5.73 Å². The van der Waals surface area contributed by atoms with Gasteiger partial charge in [-0.1, -0.05) is 18.2 Å². The number of phosphoric acid groups is 1. The molecule has 0 aromatic heterocycles. The van der Waals surface area contributed by atoms with E-state index in [-0.39, 0.29) is 0 Å². The Bertz CT molecular complexity index is 246. The molecule has 0 saturated carbocycles. The Balaban J connectivity index is 0.